The van der Waals surface area contributed by atoms with Gasteiger partial charge in [-0.3, -0.25) is 38.4 Å². The molecule has 16 atom stereocenters. The molecule has 8 fully saturated rings. The Kier molecular flexibility index (Phi) is 69.9. The van der Waals surface area contributed by atoms with Crippen molar-refractivity contribution in [1.29, 1.82) is 0 Å². The van der Waals surface area contributed by atoms with Crippen LogP contribution in [0.1, 0.15) is 393 Å². The van der Waals surface area contributed by atoms with Crippen LogP contribution in [0.4, 0.5) is 0 Å². The first-order valence-corrected chi connectivity index (χ1v) is 54.5. The van der Waals surface area contributed by atoms with Gasteiger partial charge in [-0.1, -0.05) is 301 Å². The van der Waals surface area contributed by atoms with Crippen LogP contribution < -0.4 is 77.8 Å². The molecular formula is C106H198N14O22. The van der Waals surface area contributed by atoms with Crippen LogP contribution in [0.3, 0.4) is 0 Å². The standard InChI is InChI=1S/2C16H30N2O3.C15H28N2O3.2C14H26N2O3.C13H24N2O3.C10H19NO2.C8H15NO2/c1-4-21-16(20)14(10-12-7-5-6-8-12)18-15(19)13(17)9-11(2)3;1-4-11(3)14(17)15(19)18-13(16(20)21-5-2)10-12-8-6-7-9-12;1-4-20-15(19)12(9-11-7-5-6-8-11)17-14(18)13(16)10(2)3;1-9(2)7-11(15)13(17)16-12(14(18)19)8-10-5-3-4-6-10;1-3-9(2)12(15)13(17)16-11(14(18)19)8-10-6-4-5-7-10;1-8(2)11(14)12(16)15-10(13(17)18)7-9-5-3-4-6-9;1-2-13-10(12)9(11)7-8-5-3-4-6-8;9-7(8(10)11)5-6-3-1-2-4-6/h2*11-14H,4-10,17H2,1-3H3,(H,18,19);10-13H,4-9,16H2,1-3H3,(H,17,18);2*9-12H,3-8,15H2,1-2H3,(H,16,17)(H,18,19);8-11H,3-7,14H2,1-2H3,(H,15,16)(H,17,18);8-9H,2-7,11H2,1H3;6-7H,1-5,9H2,(H,10,11)/t13-,14-;11?,13-,14-;12-,13-;11-,12-;9?,11-,12-;10-,11-;9-;7-/m00000000/s1. The van der Waals surface area contributed by atoms with E-state index in [1.54, 1.807) is 27.7 Å². The van der Waals surface area contributed by atoms with Gasteiger partial charge < -0.3 is 117 Å². The third kappa shape index (κ3) is 56.8. The highest BCUT2D eigenvalue weighted by Gasteiger charge is 2.38. The molecule has 0 spiro atoms. The number of nitrogens with one attached hydrogen (secondary N) is 6. The van der Waals surface area contributed by atoms with Crippen LogP contribution in [-0.4, -0.2) is 215 Å². The summed E-state index contributed by atoms with van der Waals surface area (Å²) in [5, 5.41) is 52.2. The summed E-state index contributed by atoms with van der Waals surface area (Å²) >= 11 is 0. The molecule has 0 saturated heterocycles. The molecule has 0 aromatic heterocycles. The largest absolute Gasteiger partial charge is 0.480 e. The average molecular weight is 2020 g/mol. The molecule has 8 aliphatic rings. The zero-order valence-electron chi connectivity index (χ0n) is 89.9. The van der Waals surface area contributed by atoms with Gasteiger partial charge in [-0.2, -0.15) is 0 Å². The second-order valence-electron chi connectivity index (χ2n) is 42.9. The molecular weight excluding hydrogens is 1820 g/mol. The van der Waals surface area contributed by atoms with Crippen molar-refractivity contribution < 1.29 is 106 Å². The first kappa shape index (κ1) is 132. The number of carboxylic acids is 4. The van der Waals surface area contributed by atoms with Gasteiger partial charge in [-0.15, -0.1) is 0 Å². The fraction of sp³-hybridized carbons (Fsp3) is 0.868. The number of ether oxygens (including phenoxy) is 4. The highest BCUT2D eigenvalue weighted by atomic mass is 16.5. The fourth-order valence-electron chi connectivity index (χ4n) is 19.7. The third-order valence-electron chi connectivity index (χ3n) is 29.1. The fourth-order valence-corrected chi connectivity index (χ4v) is 19.7. The van der Waals surface area contributed by atoms with Crippen molar-refractivity contribution in [3.63, 3.8) is 0 Å². The number of carbonyl (C=O) groups excluding carboxylic acids is 10. The number of amides is 6. The van der Waals surface area contributed by atoms with E-state index in [-0.39, 0.29) is 83.0 Å². The van der Waals surface area contributed by atoms with Crippen molar-refractivity contribution in [3.8, 4) is 0 Å². The van der Waals surface area contributed by atoms with Crippen LogP contribution in [0, 0.1) is 82.9 Å². The lowest BCUT2D eigenvalue weighted by Gasteiger charge is -2.24. The Bertz CT molecular complexity index is 3570. The number of rotatable bonds is 50. The summed E-state index contributed by atoms with van der Waals surface area (Å²) in [6.07, 6.45) is 45.1. The highest BCUT2D eigenvalue weighted by molar-refractivity contribution is 5.91. The van der Waals surface area contributed by atoms with Crippen molar-refractivity contribution >= 4 is 83.2 Å². The highest BCUT2D eigenvalue weighted by Crippen LogP contribution is 2.36. The molecule has 0 bridgehead atoms. The Labute approximate surface area is 850 Å². The summed E-state index contributed by atoms with van der Waals surface area (Å²) in [5.41, 5.74) is 46.1. The average Bonchev–Trinajstić information content (AvgIpc) is 1.57. The minimum atomic E-state index is -0.966. The maximum atomic E-state index is 12.2. The summed E-state index contributed by atoms with van der Waals surface area (Å²) < 4.78 is 20.1. The molecule has 142 heavy (non-hydrogen) atoms. The Morgan fingerprint density at radius 1 is 0.239 bits per heavy atom. The van der Waals surface area contributed by atoms with E-state index in [0.29, 0.717) is 143 Å². The maximum Gasteiger partial charge on any atom is 0.328 e. The van der Waals surface area contributed by atoms with E-state index >= 15 is 0 Å². The van der Waals surface area contributed by atoms with E-state index in [1.165, 1.54) is 89.9 Å². The van der Waals surface area contributed by atoms with Crippen molar-refractivity contribution in [2.75, 3.05) is 26.4 Å². The zero-order chi connectivity index (χ0) is 107. The normalized spacial score (nSPS) is 19.7. The Balaban J connectivity index is 0.000000816. The molecule has 8 aliphatic carbocycles. The zero-order valence-corrected chi connectivity index (χ0v) is 89.9. The predicted octanol–water partition coefficient (Wildman–Crippen LogP) is 12.1. The number of hydrogen-bond acceptors (Lipinski definition) is 26. The predicted molar refractivity (Wildman–Crippen MR) is 553 cm³/mol. The van der Waals surface area contributed by atoms with Gasteiger partial charge in [0.15, 0.2) is 0 Å². The molecule has 8 rings (SSSR count). The molecule has 8 saturated carbocycles. The van der Waals surface area contributed by atoms with Crippen LogP contribution in [0.2, 0.25) is 0 Å². The lowest BCUT2D eigenvalue weighted by Crippen LogP contribution is -2.51. The Morgan fingerprint density at radius 3 is 0.620 bits per heavy atom. The summed E-state index contributed by atoms with van der Waals surface area (Å²) in [6.45, 7) is 31.8. The SMILES string of the molecule is CC(C)C[C@H](N)C(=O)N[C@@H](CC1CCCC1)C(=O)O.CC(C)[C@H](N)C(=O)N[C@@H](CC1CCCC1)C(=O)O.CCC(C)[C@H](N)C(=O)N[C@@H](CC1CCCC1)C(=O)O.CCOC(=O)[C@@H](N)CC1CCCC1.CCOC(=O)[C@H](CC1CCCC1)NC(=O)[C@@H](N)C(C)C.CCOC(=O)[C@H](CC1CCCC1)NC(=O)[C@@H](N)C(C)CC.CCOC(=O)[C@H](CC1CCCC1)NC(=O)[C@@H](N)CC(C)C.N[C@@H](CC1CCCC1)C(=O)O. The van der Waals surface area contributed by atoms with Crippen molar-refractivity contribution in [2.45, 2.75) is 478 Å². The van der Waals surface area contributed by atoms with Gasteiger partial charge in [-0.25, -0.2) is 28.8 Å². The van der Waals surface area contributed by atoms with Gasteiger partial charge in [-0.05, 0) is 175 Å². The lowest BCUT2D eigenvalue weighted by molar-refractivity contribution is -0.148. The molecule has 0 radical (unpaired) electrons. The van der Waals surface area contributed by atoms with E-state index in [2.05, 4.69) is 31.9 Å². The van der Waals surface area contributed by atoms with E-state index in [4.69, 9.17) is 75.0 Å². The summed E-state index contributed by atoms with van der Waals surface area (Å²) in [6, 6.07) is -8.73. The first-order valence-electron chi connectivity index (χ1n) is 54.5. The van der Waals surface area contributed by atoms with E-state index in [9.17, 15) is 77.3 Å². The molecule has 824 valence electrons. The number of carbonyl (C=O) groups is 14. The molecule has 6 amide bonds. The van der Waals surface area contributed by atoms with Crippen LogP contribution in [0.25, 0.3) is 0 Å². The minimum absolute atomic E-state index is 0.00549. The van der Waals surface area contributed by atoms with Gasteiger partial charge in [0.1, 0.15) is 48.3 Å². The summed E-state index contributed by atoms with van der Waals surface area (Å²) in [7, 11) is 0. The molecule has 36 heteroatoms. The second kappa shape index (κ2) is 75.0. The summed E-state index contributed by atoms with van der Waals surface area (Å²) in [4.78, 5) is 163. The van der Waals surface area contributed by atoms with Crippen molar-refractivity contribution in [2.24, 2.45) is 129 Å². The maximum absolute atomic E-state index is 12.2. The van der Waals surface area contributed by atoms with Crippen LogP contribution in [-0.2, 0) is 86.1 Å². The van der Waals surface area contributed by atoms with Crippen molar-refractivity contribution in [3.05, 3.63) is 0 Å². The van der Waals surface area contributed by atoms with Gasteiger partial charge >= 0.3 is 47.8 Å². The minimum Gasteiger partial charge on any atom is -0.480 e. The molecule has 26 N–H and O–H groups in total. The lowest BCUT2D eigenvalue weighted by atomic mass is 9.96. The molecule has 2 unspecified atom stereocenters. The van der Waals surface area contributed by atoms with Gasteiger partial charge in [0.2, 0.25) is 35.4 Å². The second-order valence-corrected chi connectivity index (χ2v) is 42.9. The van der Waals surface area contributed by atoms with Gasteiger partial charge in [0.25, 0.3) is 0 Å². The quantitative estimate of drug-likeness (QED) is 0.0199. The van der Waals surface area contributed by atoms with Gasteiger partial charge in [0, 0.05) is 0 Å². The van der Waals surface area contributed by atoms with Gasteiger partial charge in [0.05, 0.1) is 62.7 Å². The van der Waals surface area contributed by atoms with E-state index < -0.39 is 108 Å². The first-order chi connectivity index (χ1) is 67.1. The monoisotopic (exact) mass is 2020 g/mol. The molecule has 0 aliphatic heterocycles. The van der Waals surface area contributed by atoms with Crippen molar-refractivity contribution in [1.82, 2.24) is 31.9 Å². The molecule has 36 nitrogen and oxygen atoms in total. The van der Waals surface area contributed by atoms with E-state index in [1.807, 2.05) is 83.1 Å². The van der Waals surface area contributed by atoms with Crippen LogP contribution >= 0.6 is 0 Å². The van der Waals surface area contributed by atoms with E-state index in [0.717, 1.165) is 135 Å². The molecule has 0 aromatic carbocycles. The molecule has 0 aromatic rings. The van der Waals surface area contributed by atoms with Crippen LogP contribution in [0.5, 0.6) is 0 Å². The summed E-state index contributed by atoms with van der Waals surface area (Å²) in [5.74, 6) is -1.99. The number of hydrogen-bond donors (Lipinski definition) is 18. The number of nitrogens with two attached hydrogens (primary N) is 8. The third-order valence-corrected chi connectivity index (χ3v) is 29.1. The number of esters is 4. The smallest absolute Gasteiger partial charge is 0.328 e. The van der Waals surface area contributed by atoms with Crippen LogP contribution in [0.15, 0.2) is 0 Å². The topological polar surface area (TPSA) is 637 Å². The Morgan fingerprint density at radius 2 is 0.423 bits per heavy atom. The number of carboxylic acid groups (broad SMARTS) is 4. The Hall–Kier alpha value is -7.74. The molecule has 0 heterocycles. The number of aliphatic carboxylic acids is 4.